The number of methoxy groups -OCH3 is 2. The van der Waals surface area contributed by atoms with E-state index in [0.29, 0.717) is 34.1 Å². The second-order valence-electron chi connectivity index (χ2n) is 6.75. The summed E-state index contributed by atoms with van der Waals surface area (Å²) < 4.78 is 21.7. The van der Waals surface area contributed by atoms with Crippen molar-refractivity contribution in [1.29, 1.82) is 0 Å². The van der Waals surface area contributed by atoms with Gasteiger partial charge in [0.25, 0.3) is 11.1 Å². The Balaban J connectivity index is 1.55. The molecule has 7 nitrogen and oxygen atoms in total. The van der Waals surface area contributed by atoms with Crippen LogP contribution in [0.25, 0.3) is 0 Å². The van der Waals surface area contributed by atoms with Crippen molar-refractivity contribution in [3.05, 3.63) is 59.5 Å². The van der Waals surface area contributed by atoms with Gasteiger partial charge in [0.15, 0.2) is 12.4 Å². The van der Waals surface area contributed by atoms with Gasteiger partial charge in [0, 0.05) is 0 Å². The Hall–Kier alpha value is -3.00. The molecule has 30 heavy (non-hydrogen) atoms. The number of hydrogen-bond acceptors (Lipinski definition) is 8. The van der Waals surface area contributed by atoms with Crippen LogP contribution in [0.15, 0.2) is 52.1 Å². The lowest BCUT2D eigenvalue weighted by Crippen LogP contribution is -2.05. The van der Waals surface area contributed by atoms with Gasteiger partial charge in [0.2, 0.25) is 0 Å². The number of carbonyl (C=O) groups excluding carboxylic acids is 1. The minimum atomic E-state index is -0.128. The van der Waals surface area contributed by atoms with Gasteiger partial charge in [-0.15, -0.1) is 10.2 Å². The van der Waals surface area contributed by atoms with Crippen LogP contribution in [0.4, 0.5) is 0 Å². The van der Waals surface area contributed by atoms with Crippen LogP contribution in [-0.2, 0) is 6.61 Å². The highest BCUT2D eigenvalue weighted by Crippen LogP contribution is 2.27. The number of benzene rings is 2. The molecule has 0 aliphatic carbocycles. The molecule has 0 aliphatic heterocycles. The number of carbonyl (C=O) groups is 1. The van der Waals surface area contributed by atoms with E-state index in [9.17, 15) is 4.79 Å². The van der Waals surface area contributed by atoms with Crippen LogP contribution < -0.4 is 14.2 Å². The lowest BCUT2D eigenvalue weighted by Gasteiger charge is -2.09. The summed E-state index contributed by atoms with van der Waals surface area (Å²) in [6.07, 6.45) is 0. The van der Waals surface area contributed by atoms with Gasteiger partial charge in [-0.05, 0) is 41.8 Å². The summed E-state index contributed by atoms with van der Waals surface area (Å²) in [5.74, 6) is 2.62. The van der Waals surface area contributed by atoms with Gasteiger partial charge in [-0.2, -0.15) is 0 Å². The Morgan fingerprint density at radius 3 is 2.43 bits per heavy atom. The third-order valence-corrected chi connectivity index (χ3v) is 5.21. The smallest absolute Gasteiger partial charge is 0.277 e. The monoisotopic (exact) mass is 428 g/mol. The SMILES string of the molecule is COc1ccc(OC)c(C(=O)CSc2nnc(COc3ccc(C(C)C)cc3)o2)c1. The van der Waals surface area contributed by atoms with E-state index in [0.717, 1.165) is 17.5 Å². The molecule has 0 saturated heterocycles. The summed E-state index contributed by atoms with van der Waals surface area (Å²) >= 11 is 1.16. The van der Waals surface area contributed by atoms with Crippen molar-refractivity contribution in [2.75, 3.05) is 20.0 Å². The molecule has 0 amide bonds. The Labute approximate surface area is 179 Å². The normalized spacial score (nSPS) is 10.8. The number of aromatic nitrogens is 2. The largest absolute Gasteiger partial charge is 0.497 e. The predicted octanol–water partition coefficient (Wildman–Crippen LogP) is 4.76. The summed E-state index contributed by atoms with van der Waals surface area (Å²) in [7, 11) is 3.07. The Morgan fingerprint density at radius 1 is 1.03 bits per heavy atom. The van der Waals surface area contributed by atoms with Crippen LogP contribution >= 0.6 is 11.8 Å². The molecular weight excluding hydrogens is 404 g/mol. The summed E-state index contributed by atoms with van der Waals surface area (Å²) in [5, 5.41) is 8.24. The Morgan fingerprint density at radius 2 is 1.77 bits per heavy atom. The van der Waals surface area contributed by atoms with E-state index in [-0.39, 0.29) is 18.1 Å². The zero-order valence-corrected chi connectivity index (χ0v) is 18.2. The van der Waals surface area contributed by atoms with Crippen LogP contribution in [0.1, 0.15) is 41.6 Å². The summed E-state index contributed by atoms with van der Waals surface area (Å²) in [5.41, 5.74) is 1.69. The summed E-state index contributed by atoms with van der Waals surface area (Å²) in [4.78, 5) is 12.6. The number of ether oxygens (including phenoxy) is 3. The van der Waals surface area contributed by atoms with Gasteiger partial charge in [-0.3, -0.25) is 4.79 Å². The molecule has 1 heterocycles. The van der Waals surface area contributed by atoms with E-state index in [4.69, 9.17) is 18.6 Å². The molecule has 3 rings (SSSR count). The van der Waals surface area contributed by atoms with Crippen molar-refractivity contribution in [3.63, 3.8) is 0 Å². The highest BCUT2D eigenvalue weighted by molar-refractivity contribution is 7.99. The highest BCUT2D eigenvalue weighted by Gasteiger charge is 2.16. The van der Waals surface area contributed by atoms with Crippen LogP contribution in [0.3, 0.4) is 0 Å². The number of ketones is 1. The molecule has 0 atom stereocenters. The third kappa shape index (κ3) is 5.54. The maximum Gasteiger partial charge on any atom is 0.277 e. The average molecular weight is 429 g/mol. The molecule has 0 radical (unpaired) electrons. The van der Waals surface area contributed by atoms with Gasteiger partial charge in [0.1, 0.15) is 17.2 Å². The number of rotatable bonds is 10. The molecule has 0 N–H and O–H groups in total. The fourth-order valence-corrected chi connectivity index (χ4v) is 3.35. The zero-order valence-electron chi connectivity index (χ0n) is 17.4. The van der Waals surface area contributed by atoms with Crippen molar-refractivity contribution in [2.45, 2.75) is 31.6 Å². The highest BCUT2D eigenvalue weighted by atomic mass is 32.2. The molecule has 0 spiro atoms. The average Bonchev–Trinajstić information content (AvgIpc) is 3.23. The fourth-order valence-electron chi connectivity index (χ4n) is 2.69. The number of hydrogen-bond donors (Lipinski definition) is 0. The first kappa shape index (κ1) is 21.7. The second-order valence-corrected chi connectivity index (χ2v) is 7.68. The molecule has 0 fully saturated rings. The molecular formula is C22H24N2O5S. The van der Waals surface area contributed by atoms with E-state index in [1.807, 2.05) is 24.3 Å². The van der Waals surface area contributed by atoms with Gasteiger partial charge >= 0.3 is 0 Å². The predicted molar refractivity (Wildman–Crippen MR) is 114 cm³/mol. The Kier molecular flexibility index (Phi) is 7.35. The maximum atomic E-state index is 12.6. The molecule has 2 aromatic carbocycles. The topological polar surface area (TPSA) is 83.7 Å². The lowest BCUT2D eigenvalue weighted by molar-refractivity contribution is 0.101. The first-order valence-corrected chi connectivity index (χ1v) is 10.4. The van der Waals surface area contributed by atoms with Gasteiger partial charge in [0.05, 0.1) is 25.5 Å². The molecule has 0 unspecified atom stereocenters. The van der Waals surface area contributed by atoms with E-state index >= 15 is 0 Å². The third-order valence-electron chi connectivity index (χ3n) is 4.39. The standard InChI is InChI=1S/C22H24N2O5S/c1-14(2)15-5-7-16(8-6-15)28-12-21-23-24-22(29-21)30-13-19(25)18-11-17(26-3)9-10-20(18)27-4/h5-11,14H,12-13H2,1-4H3. The van der Waals surface area contributed by atoms with E-state index in [1.165, 1.54) is 12.7 Å². The van der Waals surface area contributed by atoms with Crippen molar-refractivity contribution in [3.8, 4) is 17.2 Å². The summed E-state index contributed by atoms with van der Waals surface area (Å²) in [6.45, 7) is 4.44. The summed E-state index contributed by atoms with van der Waals surface area (Å²) in [6, 6.07) is 13.0. The molecule has 1 aromatic heterocycles. The maximum absolute atomic E-state index is 12.6. The molecule has 0 bridgehead atoms. The van der Waals surface area contributed by atoms with Crippen LogP contribution in [0, 0.1) is 0 Å². The molecule has 0 aliphatic rings. The number of nitrogens with zero attached hydrogens (tertiary/aromatic N) is 2. The first-order chi connectivity index (χ1) is 14.5. The fraction of sp³-hybridized carbons (Fsp3) is 0.318. The van der Waals surface area contributed by atoms with Crippen LogP contribution in [-0.4, -0.2) is 36.0 Å². The Bertz CT molecular complexity index is 985. The van der Waals surface area contributed by atoms with E-state index in [2.05, 4.69) is 24.0 Å². The molecule has 158 valence electrons. The van der Waals surface area contributed by atoms with Crippen molar-refractivity contribution >= 4 is 17.5 Å². The lowest BCUT2D eigenvalue weighted by atomic mass is 10.0. The second kappa shape index (κ2) is 10.2. The van der Waals surface area contributed by atoms with Gasteiger partial charge in [-0.25, -0.2) is 0 Å². The molecule has 3 aromatic rings. The van der Waals surface area contributed by atoms with Crippen LogP contribution in [0.2, 0.25) is 0 Å². The minimum Gasteiger partial charge on any atom is -0.497 e. The number of thioether (sulfide) groups is 1. The quantitative estimate of drug-likeness (QED) is 0.337. The number of Topliss-reactive ketones (excluding diaryl/α,β-unsaturated/α-hetero) is 1. The van der Waals surface area contributed by atoms with Crippen LogP contribution in [0.5, 0.6) is 17.2 Å². The van der Waals surface area contributed by atoms with E-state index < -0.39 is 0 Å². The van der Waals surface area contributed by atoms with Gasteiger partial charge in [-0.1, -0.05) is 37.7 Å². The van der Waals surface area contributed by atoms with Crippen molar-refractivity contribution < 1.29 is 23.4 Å². The minimum absolute atomic E-state index is 0.128. The first-order valence-electron chi connectivity index (χ1n) is 9.43. The van der Waals surface area contributed by atoms with E-state index in [1.54, 1.807) is 25.3 Å². The molecule has 0 saturated carbocycles. The van der Waals surface area contributed by atoms with Crippen molar-refractivity contribution in [2.24, 2.45) is 0 Å². The van der Waals surface area contributed by atoms with Crippen molar-refractivity contribution in [1.82, 2.24) is 10.2 Å². The zero-order chi connectivity index (χ0) is 21.5. The van der Waals surface area contributed by atoms with Gasteiger partial charge < -0.3 is 18.6 Å². The molecule has 8 heteroatoms.